The van der Waals surface area contributed by atoms with Crippen molar-refractivity contribution in [2.75, 3.05) is 18.2 Å². The molecule has 0 atom stereocenters. The van der Waals surface area contributed by atoms with Crippen LogP contribution in [0.25, 0.3) is 0 Å². The first-order chi connectivity index (χ1) is 9.49. The van der Waals surface area contributed by atoms with Crippen molar-refractivity contribution in [2.24, 2.45) is 0 Å². The van der Waals surface area contributed by atoms with Crippen molar-refractivity contribution >= 4 is 31.5 Å². The second kappa shape index (κ2) is 7.36. The SMILES string of the molecule is C=C(C(=O)NCNC(=O)C(=C)S(=O)(=O)CC)S(=O)(=O)CC. The zero-order valence-electron chi connectivity index (χ0n) is 11.8. The third-order valence-corrected chi connectivity index (χ3v) is 5.91. The summed E-state index contributed by atoms with van der Waals surface area (Å²) in [7, 11) is -7.45. The van der Waals surface area contributed by atoms with Crippen LogP contribution < -0.4 is 10.6 Å². The molecule has 21 heavy (non-hydrogen) atoms. The van der Waals surface area contributed by atoms with E-state index in [4.69, 9.17) is 0 Å². The van der Waals surface area contributed by atoms with Crippen molar-refractivity contribution in [3.05, 3.63) is 23.0 Å². The first-order valence-corrected chi connectivity index (χ1v) is 9.19. The monoisotopic (exact) mass is 338 g/mol. The van der Waals surface area contributed by atoms with Crippen molar-refractivity contribution in [1.82, 2.24) is 10.6 Å². The molecule has 0 radical (unpaired) electrons. The molecule has 0 unspecified atom stereocenters. The highest BCUT2D eigenvalue weighted by molar-refractivity contribution is 7.96. The van der Waals surface area contributed by atoms with Gasteiger partial charge in [0, 0.05) is 0 Å². The third-order valence-electron chi connectivity index (χ3n) is 2.52. The highest BCUT2D eigenvalue weighted by atomic mass is 32.2. The normalized spacial score (nSPS) is 11.5. The molecule has 0 aromatic heterocycles. The molecule has 120 valence electrons. The molecule has 0 saturated heterocycles. The van der Waals surface area contributed by atoms with Gasteiger partial charge in [0.1, 0.15) is 9.81 Å². The van der Waals surface area contributed by atoms with Gasteiger partial charge in [-0.15, -0.1) is 0 Å². The average molecular weight is 338 g/mol. The summed E-state index contributed by atoms with van der Waals surface area (Å²) in [6, 6.07) is 0. The standard InChI is InChI=1S/C11H18N2O6S2/c1-5-20(16,17)8(3)10(14)12-7-13-11(15)9(4)21(18,19)6-2/h3-7H2,1-2H3,(H,12,14)(H,13,15). The van der Waals surface area contributed by atoms with Crippen LogP contribution in [0.5, 0.6) is 0 Å². The summed E-state index contributed by atoms with van der Waals surface area (Å²) in [5.74, 6) is -2.50. The van der Waals surface area contributed by atoms with Crippen LogP contribution >= 0.6 is 0 Å². The Morgan fingerprint density at radius 1 is 0.810 bits per heavy atom. The summed E-state index contributed by atoms with van der Waals surface area (Å²) in [5.41, 5.74) is 0. The van der Waals surface area contributed by atoms with Crippen molar-refractivity contribution in [3.63, 3.8) is 0 Å². The zero-order chi connectivity index (χ0) is 16.8. The Hall–Kier alpha value is -1.68. The van der Waals surface area contributed by atoms with E-state index in [2.05, 4.69) is 23.8 Å². The second-order valence-corrected chi connectivity index (χ2v) is 8.44. The Labute approximate surface area is 124 Å². The molecule has 0 aliphatic heterocycles. The van der Waals surface area contributed by atoms with E-state index in [1.165, 1.54) is 13.8 Å². The summed E-state index contributed by atoms with van der Waals surface area (Å²) < 4.78 is 45.5. The minimum absolute atomic E-state index is 0.281. The van der Waals surface area contributed by atoms with Crippen LogP contribution in [0.2, 0.25) is 0 Å². The molecule has 2 amide bonds. The van der Waals surface area contributed by atoms with E-state index in [1.54, 1.807) is 0 Å². The molecule has 0 heterocycles. The van der Waals surface area contributed by atoms with Crippen LogP contribution in [0.15, 0.2) is 23.0 Å². The molecule has 0 aromatic carbocycles. The van der Waals surface area contributed by atoms with Crippen molar-refractivity contribution < 1.29 is 26.4 Å². The summed E-state index contributed by atoms with van der Waals surface area (Å²) in [4.78, 5) is 21.7. The fraction of sp³-hybridized carbons (Fsp3) is 0.455. The summed E-state index contributed by atoms with van der Waals surface area (Å²) >= 11 is 0. The Bertz CT molecular complexity index is 603. The molecule has 0 spiro atoms. The highest BCUT2D eigenvalue weighted by Gasteiger charge is 2.22. The lowest BCUT2D eigenvalue weighted by molar-refractivity contribution is -0.118. The Balaban J connectivity index is 4.53. The van der Waals surface area contributed by atoms with Gasteiger partial charge in [0.25, 0.3) is 11.8 Å². The molecule has 8 nitrogen and oxygen atoms in total. The maximum absolute atomic E-state index is 11.5. The van der Waals surface area contributed by atoms with Gasteiger partial charge < -0.3 is 10.6 Å². The smallest absolute Gasteiger partial charge is 0.263 e. The molecule has 10 heteroatoms. The van der Waals surface area contributed by atoms with Gasteiger partial charge in [0.15, 0.2) is 19.7 Å². The van der Waals surface area contributed by atoms with Gasteiger partial charge in [-0.05, 0) is 0 Å². The molecule has 0 bridgehead atoms. The van der Waals surface area contributed by atoms with Gasteiger partial charge in [0.2, 0.25) is 0 Å². The van der Waals surface area contributed by atoms with Crippen molar-refractivity contribution in [1.29, 1.82) is 0 Å². The van der Waals surface area contributed by atoms with E-state index < -0.39 is 48.0 Å². The van der Waals surface area contributed by atoms with E-state index >= 15 is 0 Å². The Morgan fingerprint density at radius 2 is 1.10 bits per heavy atom. The van der Waals surface area contributed by atoms with Crippen LogP contribution in [-0.2, 0) is 29.3 Å². The summed E-state index contributed by atoms with van der Waals surface area (Å²) in [6.45, 7) is 8.58. The fourth-order valence-electron chi connectivity index (χ4n) is 1.03. The van der Waals surface area contributed by atoms with E-state index in [-0.39, 0.29) is 11.5 Å². The first kappa shape index (κ1) is 19.3. The lowest BCUT2D eigenvalue weighted by Gasteiger charge is -2.10. The zero-order valence-corrected chi connectivity index (χ0v) is 13.4. The number of rotatable bonds is 8. The second-order valence-electron chi connectivity index (χ2n) is 3.84. The number of sulfone groups is 2. The van der Waals surface area contributed by atoms with E-state index in [0.29, 0.717) is 0 Å². The third kappa shape index (κ3) is 5.31. The predicted octanol–water partition coefficient (Wildman–Crippen LogP) is -0.927. The van der Waals surface area contributed by atoms with Crippen molar-refractivity contribution in [2.45, 2.75) is 13.8 Å². The van der Waals surface area contributed by atoms with Gasteiger partial charge in [-0.25, -0.2) is 16.8 Å². The molecular formula is C11H18N2O6S2. The van der Waals surface area contributed by atoms with Gasteiger partial charge in [0.05, 0.1) is 18.2 Å². The number of hydrogen-bond acceptors (Lipinski definition) is 6. The van der Waals surface area contributed by atoms with Gasteiger partial charge in [-0.3, -0.25) is 9.59 Å². The molecule has 0 aromatic rings. The predicted molar refractivity (Wildman–Crippen MR) is 78.4 cm³/mol. The van der Waals surface area contributed by atoms with E-state index in [9.17, 15) is 26.4 Å². The maximum atomic E-state index is 11.5. The molecule has 0 fully saturated rings. The van der Waals surface area contributed by atoms with Crippen LogP contribution in [0.3, 0.4) is 0 Å². The summed E-state index contributed by atoms with van der Waals surface area (Å²) in [5, 5.41) is 4.19. The highest BCUT2D eigenvalue weighted by Crippen LogP contribution is 2.05. The van der Waals surface area contributed by atoms with Gasteiger partial charge in [-0.2, -0.15) is 0 Å². The first-order valence-electron chi connectivity index (χ1n) is 5.89. The quantitative estimate of drug-likeness (QED) is 0.435. The molecular weight excluding hydrogens is 320 g/mol. The molecule has 0 aliphatic carbocycles. The van der Waals surface area contributed by atoms with Crippen LogP contribution in [0.1, 0.15) is 13.8 Å². The largest absolute Gasteiger partial charge is 0.334 e. The number of nitrogens with one attached hydrogen (secondary N) is 2. The Kier molecular flexibility index (Phi) is 6.77. The van der Waals surface area contributed by atoms with Gasteiger partial charge >= 0.3 is 0 Å². The topological polar surface area (TPSA) is 126 Å². The molecule has 0 aliphatic rings. The molecule has 2 N–H and O–H groups in total. The number of carbonyl (C=O) groups is 2. The minimum Gasteiger partial charge on any atom is -0.334 e. The average Bonchev–Trinajstić information content (AvgIpc) is 2.44. The van der Waals surface area contributed by atoms with Crippen LogP contribution in [0.4, 0.5) is 0 Å². The minimum atomic E-state index is -3.72. The molecule has 0 rings (SSSR count). The van der Waals surface area contributed by atoms with Gasteiger partial charge in [-0.1, -0.05) is 27.0 Å². The number of hydrogen-bond donors (Lipinski definition) is 2. The lowest BCUT2D eigenvalue weighted by Crippen LogP contribution is -2.40. The maximum Gasteiger partial charge on any atom is 0.263 e. The lowest BCUT2D eigenvalue weighted by atomic mass is 10.5. The van der Waals surface area contributed by atoms with Crippen LogP contribution in [-0.4, -0.2) is 46.8 Å². The van der Waals surface area contributed by atoms with Crippen LogP contribution in [0, 0.1) is 0 Å². The fourth-order valence-corrected chi connectivity index (χ4v) is 2.44. The number of amides is 2. The van der Waals surface area contributed by atoms with E-state index in [1.807, 2.05) is 0 Å². The Morgan fingerprint density at radius 3 is 1.33 bits per heavy atom. The molecule has 0 saturated carbocycles. The van der Waals surface area contributed by atoms with Crippen molar-refractivity contribution in [3.8, 4) is 0 Å². The number of carbonyl (C=O) groups excluding carboxylic acids is 2. The summed E-state index contributed by atoms with van der Waals surface area (Å²) in [6.07, 6.45) is 0. The van der Waals surface area contributed by atoms with E-state index in [0.717, 1.165) is 0 Å².